The standard InChI is InChI=1S/C35H57N13O14S2/c36-8-2-1-5-18-30(57)42-14-25(50)48-10-4-7-23(48)33(60)46-21(12-27(53)54)32(59)47-22(34(61)62)16-64-63-15-17(37)28(55)44-19(6-3-9-40-35(38)39)29(56)41-13-24(49)43-20(11-26(51)52)31(58)45-18/h17-23H,1-16,36-37H2,(H,41,56)(H,42,57)(H,43,49)(H,44,55)(H,45,58)(H,46,60)(H,47,59)(H,51,52)(H,53,54)(H,61,62)(H4,38,39,40)/t17-,18-,19-,20+,21-,22+,23-/m0/s1. The minimum absolute atomic E-state index is 0.0254. The zero-order chi connectivity index (χ0) is 47.9. The molecule has 0 radical (unpaired) electrons. The number of amides is 8. The van der Waals surface area contributed by atoms with E-state index in [2.05, 4.69) is 42.2 Å². The number of nitrogens with two attached hydrogens (primary N) is 4. The summed E-state index contributed by atoms with van der Waals surface area (Å²) in [5.41, 5.74) is 22.4. The molecule has 0 aliphatic carbocycles. The van der Waals surface area contributed by atoms with Crippen molar-refractivity contribution in [3.05, 3.63) is 0 Å². The molecule has 2 aliphatic rings. The monoisotopic (exact) mass is 947 g/mol. The Balaban J connectivity index is 2.46. The number of fused-ring (bicyclic) bond motifs is 1. The average Bonchev–Trinajstić information content (AvgIpc) is 3.72. The van der Waals surface area contributed by atoms with Crippen LogP contribution in [0.3, 0.4) is 0 Å². The largest absolute Gasteiger partial charge is 0.481 e. The van der Waals surface area contributed by atoms with Gasteiger partial charge in [-0.2, -0.15) is 0 Å². The van der Waals surface area contributed by atoms with E-state index in [4.69, 9.17) is 22.9 Å². The number of carbonyl (C=O) groups excluding carboxylic acids is 8. The second kappa shape index (κ2) is 28.0. The van der Waals surface area contributed by atoms with Crippen molar-refractivity contribution in [2.24, 2.45) is 27.9 Å². The van der Waals surface area contributed by atoms with Crippen LogP contribution in [0, 0.1) is 0 Å². The van der Waals surface area contributed by atoms with Crippen LogP contribution in [-0.4, -0.2) is 178 Å². The van der Waals surface area contributed by atoms with Crippen molar-refractivity contribution in [3.8, 4) is 0 Å². The number of aliphatic imine (C=N–C) groups is 1. The number of rotatable bonds is 13. The molecule has 2 rings (SSSR count). The average molecular weight is 948 g/mol. The highest BCUT2D eigenvalue weighted by Crippen LogP contribution is 2.23. The van der Waals surface area contributed by atoms with E-state index in [1.807, 2.05) is 0 Å². The molecule has 0 spiro atoms. The van der Waals surface area contributed by atoms with E-state index in [0.29, 0.717) is 12.8 Å². The van der Waals surface area contributed by atoms with Crippen molar-refractivity contribution >= 4 is 92.7 Å². The van der Waals surface area contributed by atoms with Gasteiger partial charge in [-0.15, -0.1) is 0 Å². The van der Waals surface area contributed by atoms with Gasteiger partial charge >= 0.3 is 17.9 Å². The lowest BCUT2D eigenvalue weighted by molar-refractivity contribution is -0.144. The number of carbonyl (C=O) groups is 11. The maximum Gasteiger partial charge on any atom is 0.327 e. The summed E-state index contributed by atoms with van der Waals surface area (Å²) in [7, 11) is 1.80. The third-order valence-corrected chi connectivity index (χ3v) is 11.9. The fourth-order valence-electron chi connectivity index (χ4n) is 6.14. The Morgan fingerprint density at radius 2 is 1.22 bits per heavy atom. The third kappa shape index (κ3) is 19.6. The van der Waals surface area contributed by atoms with Crippen molar-refractivity contribution in [1.29, 1.82) is 0 Å². The van der Waals surface area contributed by atoms with E-state index in [0.717, 1.165) is 26.5 Å². The molecule has 2 aliphatic heterocycles. The Hall–Kier alpha value is -5.94. The minimum atomic E-state index is -1.79. The first-order valence-electron chi connectivity index (χ1n) is 20.0. The Kier molecular flexibility index (Phi) is 23.7. The van der Waals surface area contributed by atoms with Gasteiger partial charge in [0.25, 0.3) is 0 Å². The van der Waals surface area contributed by atoms with Gasteiger partial charge in [0.05, 0.1) is 32.0 Å². The Bertz CT molecular complexity index is 1750. The predicted molar refractivity (Wildman–Crippen MR) is 228 cm³/mol. The van der Waals surface area contributed by atoms with E-state index >= 15 is 0 Å². The summed E-state index contributed by atoms with van der Waals surface area (Å²) < 4.78 is 0. The van der Waals surface area contributed by atoms with Crippen LogP contribution in [0.5, 0.6) is 0 Å². The van der Waals surface area contributed by atoms with Crippen LogP contribution in [0.2, 0.25) is 0 Å². The van der Waals surface area contributed by atoms with Crippen LogP contribution >= 0.6 is 21.6 Å². The molecule has 0 unspecified atom stereocenters. The number of hydrogen-bond donors (Lipinski definition) is 14. The van der Waals surface area contributed by atoms with Gasteiger partial charge in [-0.25, -0.2) is 4.79 Å². The molecular formula is C35H57N13O14S2. The molecule has 0 aromatic rings. The molecule has 0 aromatic heterocycles. The number of carboxylic acid groups (broad SMARTS) is 3. The lowest BCUT2D eigenvalue weighted by Crippen LogP contribution is -2.57. The molecule has 0 bridgehead atoms. The molecule has 8 amide bonds. The summed E-state index contributed by atoms with van der Waals surface area (Å²) in [6, 6.07) is -10.4. The molecule has 27 nitrogen and oxygen atoms in total. The van der Waals surface area contributed by atoms with Gasteiger partial charge < -0.3 is 80.4 Å². The van der Waals surface area contributed by atoms with E-state index in [1.165, 1.54) is 0 Å². The van der Waals surface area contributed by atoms with E-state index < -0.39 is 133 Å². The van der Waals surface area contributed by atoms with E-state index in [-0.39, 0.29) is 69.2 Å². The summed E-state index contributed by atoms with van der Waals surface area (Å²) in [5.74, 6) is -12.9. The van der Waals surface area contributed by atoms with Crippen LogP contribution in [0.25, 0.3) is 0 Å². The summed E-state index contributed by atoms with van der Waals surface area (Å²) in [5, 5.41) is 45.0. The molecular weight excluding hydrogens is 891 g/mol. The predicted octanol–water partition coefficient (Wildman–Crippen LogP) is -6.43. The zero-order valence-electron chi connectivity index (χ0n) is 34.7. The van der Waals surface area contributed by atoms with Gasteiger partial charge in [0.1, 0.15) is 36.3 Å². The number of carboxylic acids is 3. The van der Waals surface area contributed by atoms with Gasteiger partial charge in [0.15, 0.2) is 5.96 Å². The molecule has 358 valence electrons. The van der Waals surface area contributed by atoms with Crippen molar-refractivity contribution in [3.63, 3.8) is 0 Å². The fourth-order valence-corrected chi connectivity index (χ4v) is 8.42. The van der Waals surface area contributed by atoms with Gasteiger partial charge in [0, 0.05) is 24.6 Å². The first kappa shape index (κ1) is 54.2. The summed E-state index contributed by atoms with van der Waals surface area (Å²) >= 11 is 0. The van der Waals surface area contributed by atoms with Gasteiger partial charge in [-0.05, 0) is 51.5 Å². The number of hydrogen-bond acceptors (Lipinski definition) is 16. The molecule has 18 N–H and O–H groups in total. The third-order valence-electron chi connectivity index (χ3n) is 9.43. The first-order chi connectivity index (χ1) is 30.2. The molecule has 2 saturated heterocycles. The number of nitrogens with zero attached hydrogens (tertiary/aromatic N) is 2. The van der Waals surface area contributed by atoms with Crippen LogP contribution in [0.4, 0.5) is 0 Å². The Morgan fingerprint density at radius 3 is 1.81 bits per heavy atom. The second-order valence-electron chi connectivity index (χ2n) is 14.5. The normalized spacial score (nSPS) is 25.5. The van der Waals surface area contributed by atoms with E-state index in [9.17, 15) is 68.1 Å². The molecule has 7 atom stereocenters. The second-order valence-corrected chi connectivity index (χ2v) is 17.0. The van der Waals surface area contributed by atoms with Crippen LogP contribution < -0.4 is 60.2 Å². The molecule has 2 fully saturated rings. The molecule has 0 saturated carbocycles. The smallest absolute Gasteiger partial charge is 0.327 e. The lowest BCUT2D eigenvalue weighted by Gasteiger charge is -2.27. The van der Waals surface area contributed by atoms with Gasteiger partial charge in [-0.3, -0.25) is 52.9 Å². The highest BCUT2D eigenvalue weighted by atomic mass is 33.1. The van der Waals surface area contributed by atoms with E-state index in [1.54, 1.807) is 0 Å². The van der Waals surface area contributed by atoms with Crippen LogP contribution in [-0.2, 0) is 52.7 Å². The van der Waals surface area contributed by atoms with Gasteiger partial charge in [-0.1, -0.05) is 21.6 Å². The highest BCUT2D eigenvalue weighted by molar-refractivity contribution is 8.76. The fraction of sp³-hybridized carbons (Fsp3) is 0.657. The number of nitrogens with one attached hydrogen (secondary N) is 7. The number of unbranched alkanes of at least 4 members (excludes halogenated alkanes) is 1. The summed E-state index contributed by atoms with van der Waals surface area (Å²) in [4.78, 5) is 147. The van der Waals surface area contributed by atoms with Crippen molar-refractivity contribution < 1.29 is 68.1 Å². The lowest BCUT2D eigenvalue weighted by atomic mass is 10.1. The quantitative estimate of drug-likeness (QED) is 0.0353. The Labute approximate surface area is 374 Å². The SMILES string of the molecule is NCCCC[C@@H]1NC(=O)[C@@H](CC(=O)O)NC(=O)CNC(=O)[C@H](CCCN=C(N)N)NC(=O)[C@@H](N)CSSC[C@H](C(=O)O)NC(=O)[C@H](CC(=O)O)NC(=O)[C@@H]2CCCN2C(=O)CNC1=O. The summed E-state index contributed by atoms with van der Waals surface area (Å²) in [6.07, 6.45) is -0.832. The molecule has 64 heavy (non-hydrogen) atoms. The first-order valence-corrected chi connectivity index (χ1v) is 22.5. The molecule has 29 heteroatoms. The van der Waals surface area contributed by atoms with Crippen molar-refractivity contribution in [1.82, 2.24) is 42.1 Å². The zero-order valence-corrected chi connectivity index (χ0v) is 36.3. The van der Waals surface area contributed by atoms with Crippen LogP contribution in [0.15, 0.2) is 4.99 Å². The maximum atomic E-state index is 13.4. The van der Waals surface area contributed by atoms with Crippen molar-refractivity contribution in [2.75, 3.05) is 44.2 Å². The highest BCUT2D eigenvalue weighted by Gasteiger charge is 2.38. The van der Waals surface area contributed by atoms with Crippen LogP contribution in [0.1, 0.15) is 57.8 Å². The van der Waals surface area contributed by atoms with Gasteiger partial charge in [0.2, 0.25) is 47.3 Å². The molecule has 2 heterocycles. The number of aliphatic carboxylic acids is 3. The Morgan fingerprint density at radius 1 is 0.672 bits per heavy atom. The van der Waals surface area contributed by atoms with Crippen molar-refractivity contribution in [2.45, 2.75) is 100 Å². The minimum Gasteiger partial charge on any atom is -0.481 e. The molecule has 0 aromatic carbocycles. The topological polar surface area (TPSA) is 452 Å². The number of guanidine groups is 1. The summed E-state index contributed by atoms with van der Waals surface area (Å²) in [6.45, 7) is -1.23. The maximum absolute atomic E-state index is 13.4.